The number of benzene rings is 1. The molecule has 1 heterocycles. The molecule has 1 aliphatic heterocycles. The first-order chi connectivity index (χ1) is 10.0. The smallest absolute Gasteiger partial charge is 0.170 e. The highest BCUT2D eigenvalue weighted by molar-refractivity contribution is 7.80. The van der Waals surface area contributed by atoms with Crippen LogP contribution >= 0.6 is 23.8 Å². The highest BCUT2D eigenvalue weighted by atomic mass is 35.5. The summed E-state index contributed by atoms with van der Waals surface area (Å²) in [6.07, 6.45) is 2.52. The van der Waals surface area contributed by atoms with Crippen molar-refractivity contribution in [3.63, 3.8) is 0 Å². The Morgan fingerprint density at radius 2 is 2.19 bits per heavy atom. The molecule has 1 saturated heterocycles. The van der Waals surface area contributed by atoms with Gasteiger partial charge in [-0.15, -0.1) is 0 Å². The number of nitrogens with one attached hydrogen (secondary N) is 2. The average molecular weight is 326 g/mol. The highest BCUT2D eigenvalue weighted by Gasteiger charge is 2.22. The number of halogens is 1. The number of hydrogen-bond donors (Lipinski definition) is 2. The summed E-state index contributed by atoms with van der Waals surface area (Å²) in [6, 6.07) is 4.64. The van der Waals surface area contributed by atoms with E-state index in [1.807, 2.05) is 19.9 Å². The Balaban J connectivity index is 1.90. The van der Waals surface area contributed by atoms with Gasteiger partial charge < -0.3 is 10.6 Å². The minimum Gasteiger partial charge on any atom is -0.361 e. The number of nitrogens with zero attached hydrogens (tertiary/aromatic N) is 1. The summed E-state index contributed by atoms with van der Waals surface area (Å²) < 4.78 is 0. The lowest BCUT2D eigenvalue weighted by Gasteiger charge is -2.24. The van der Waals surface area contributed by atoms with Gasteiger partial charge in [-0.1, -0.05) is 24.6 Å². The maximum absolute atomic E-state index is 6.29. The van der Waals surface area contributed by atoms with Gasteiger partial charge in [-0.3, -0.25) is 4.90 Å². The molecule has 116 valence electrons. The summed E-state index contributed by atoms with van der Waals surface area (Å²) in [5.41, 5.74) is 3.17. The van der Waals surface area contributed by atoms with E-state index in [0.717, 1.165) is 29.9 Å². The molecule has 0 amide bonds. The van der Waals surface area contributed by atoms with Crippen molar-refractivity contribution in [3.8, 4) is 0 Å². The number of thiocarbonyl (C=S) groups is 1. The maximum atomic E-state index is 6.29. The number of likely N-dealkylation sites (N-methyl/N-ethyl adjacent to an activating group) is 1. The zero-order chi connectivity index (χ0) is 15.4. The van der Waals surface area contributed by atoms with Crippen molar-refractivity contribution in [2.75, 3.05) is 25.0 Å². The van der Waals surface area contributed by atoms with Gasteiger partial charge in [-0.2, -0.15) is 0 Å². The average Bonchev–Trinajstić information content (AvgIpc) is 2.88. The molecule has 3 nitrogen and oxygen atoms in total. The Bertz CT molecular complexity index is 495. The number of aryl methyl sites for hydroxylation is 2. The van der Waals surface area contributed by atoms with Crippen LogP contribution in [0.2, 0.25) is 5.02 Å². The summed E-state index contributed by atoms with van der Waals surface area (Å²) in [4.78, 5) is 2.50. The van der Waals surface area contributed by atoms with Crippen molar-refractivity contribution >= 4 is 34.6 Å². The summed E-state index contributed by atoms with van der Waals surface area (Å²) in [5.74, 6) is 0. The third kappa shape index (κ3) is 4.31. The molecule has 21 heavy (non-hydrogen) atoms. The van der Waals surface area contributed by atoms with Crippen molar-refractivity contribution in [1.82, 2.24) is 10.2 Å². The second-order valence-corrected chi connectivity index (χ2v) is 6.51. The second kappa shape index (κ2) is 7.43. The molecule has 1 aliphatic rings. The van der Waals surface area contributed by atoms with Crippen molar-refractivity contribution in [2.24, 2.45) is 0 Å². The first-order valence-electron chi connectivity index (χ1n) is 7.57. The standard InChI is InChI=1S/C16H24ClN3S/c1-4-20-7-5-6-13(20)10-18-16(21)19-15-12(3)8-11(2)9-14(15)17/h8-9,13H,4-7,10H2,1-3H3,(H2,18,19,21). The fourth-order valence-corrected chi connectivity index (χ4v) is 3.54. The third-order valence-corrected chi connectivity index (χ3v) is 4.62. The molecular formula is C16H24ClN3S. The highest BCUT2D eigenvalue weighted by Crippen LogP contribution is 2.27. The summed E-state index contributed by atoms with van der Waals surface area (Å²) >= 11 is 11.7. The van der Waals surface area contributed by atoms with E-state index >= 15 is 0 Å². The lowest BCUT2D eigenvalue weighted by Crippen LogP contribution is -2.41. The van der Waals surface area contributed by atoms with Gasteiger partial charge in [0, 0.05) is 12.6 Å². The summed E-state index contributed by atoms with van der Waals surface area (Å²) in [6.45, 7) is 9.49. The van der Waals surface area contributed by atoms with Crippen LogP contribution in [0.1, 0.15) is 30.9 Å². The van der Waals surface area contributed by atoms with Gasteiger partial charge in [0.1, 0.15) is 0 Å². The molecule has 1 aromatic rings. The zero-order valence-electron chi connectivity index (χ0n) is 13.0. The van der Waals surface area contributed by atoms with E-state index in [2.05, 4.69) is 28.5 Å². The maximum Gasteiger partial charge on any atom is 0.170 e. The fourth-order valence-electron chi connectivity index (χ4n) is 2.98. The molecule has 0 saturated carbocycles. The normalized spacial score (nSPS) is 18.8. The second-order valence-electron chi connectivity index (χ2n) is 5.70. The third-order valence-electron chi connectivity index (χ3n) is 4.07. The molecule has 0 aromatic heterocycles. The van der Waals surface area contributed by atoms with Gasteiger partial charge in [0.2, 0.25) is 0 Å². The fraction of sp³-hybridized carbons (Fsp3) is 0.562. The lowest BCUT2D eigenvalue weighted by atomic mass is 10.1. The van der Waals surface area contributed by atoms with Crippen LogP contribution in [0.5, 0.6) is 0 Å². The minimum atomic E-state index is 0.587. The van der Waals surface area contributed by atoms with Gasteiger partial charge in [-0.25, -0.2) is 0 Å². The van der Waals surface area contributed by atoms with E-state index in [4.69, 9.17) is 23.8 Å². The van der Waals surface area contributed by atoms with Crippen molar-refractivity contribution in [3.05, 3.63) is 28.3 Å². The molecule has 2 rings (SSSR count). The van der Waals surface area contributed by atoms with Crippen LogP contribution in [0.25, 0.3) is 0 Å². The topological polar surface area (TPSA) is 27.3 Å². The Kier molecular flexibility index (Phi) is 5.85. The van der Waals surface area contributed by atoms with Crippen LogP contribution in [0.4, 0.5) is 5.69 Å². The predicted molar refractivity (Wildman–Crippen MR) is 95.4 cm³/mol. The van der Waals surface area contributed by atoms with E-state index in [1.54, 1.807) is 0 Å². The Hall–Kier alpha value is -0.840. The molecule has 1 unspecified atom stereocenters. The van der Waals surface area contributed by atoms with Gasteiger partial charge in [-0.05, 0) is 69.2 Å². The SMILES string of the molecule is CCN1CCCC1CNC(=S)Nc1c(C)cc(C)cc1Cl. The van der Waals surface area contributed by atoms with Crippen LogP contribution in [-0.4, -0.2) is 35.7 Å². The van der Waals surface area contributed by atoms with Gasteiger partial charge in [0.25, 0.3) is 0 Å². The van der Waals surface area contributed by atoms with Gasteiger partial charge >= 0.3 is 0 Å². The molecule has 5 heteroatoms. The molecule has 0 bridgehead atoms. The first-order valence-corrected chi connectivity index (χ1v) is 8.35. The summed E-state index contributed by atoms with van der Waals surface area (Å²) in [7, 11) is 0. The molecule has 1 aromatic carbocycles. The minimum absolute atomic E-state index is 0.587. The molecule has 0 radical (unpaired) electrons. The van der Waals surface area contributed by atoms with Gasteiger partial charge in [0.15, 0.2) is 5.11 Å². The van der Waals surface area contributed by atoms with E-state index in [1.165, 1.54) is 19.4 Å². The number of hydrogen-bond acceptors (Lipinski definition) is 2. The van der Waals surface area contributed by atoms with Crippen LogP contribution in [-0.2, 0) is 0 Å². The van der Waals surface area contributed by atoms with E-state index in [-0.39, 0.29) is 0 Å². The molecular weight excluding hydrogens is 302 g/mol. The van der Waals surface area contributed by atoms with Crippen molar-refractivity contribution < 1.29 is 0 Å². The zero-order valence-corrected chi connectivity index (χ0v) is 14.6. The molecule has 1 atom stereocenters. The number of likely N-dealkylation sites (tertiary alicyclic amines) is 1. The lowest BCUT2D eigenvalue weighted by molar-refractivity contribution is 0.267. The number of rotatable bonds is 4. The van der Waals surface area contributed by atoms with Crippen LogP contribution in [0.3, 0.4) is 0 Å². The molecule has 2 N–H and O–H groups in total. The summed E-state index contributed by atoms with van der Waals surface area (Å²) in [5, 5.41) is 7.92. The molecule has 1 fully saturated rings. The largest absolute Gasteiger partial charge is 0.361 e. The quantitative estimate of drug-likeness (QED) is 0.825. The van der Waals surface area contributed by atoms with E-state index in [9.17, 15) is 0 Å². The molecule has 0 spiro atoms. The van der Waals surface area contributed by atoms with Crippen molar-refractivity contribution in [2.45, 2.75) is 39.7 Å². The Morgan fingerprint density at radius 1 is 1.43 bits per heavy atom. The van der Waals surface area contributed by atoms with Crippen LogP contribution in [0.15, 0.2) is 12.1 Å². The van der Waals surface area contributed by atoms with Crippen LogP contribution < -0.4 is 10.6 Å². The van der Waals surface area contributed by atoms with E-state index < -0.39 is 0 Å². The first kappa shape index (κ1) is 16.5. The molecule has 0 aliphatic carbocycles. The monoisotopic (exact) mass is 325 g/mol. The Labute approximate surface area is 138 Å². The number of anilines is 1. The van der Waals surface area contributed by atoms with Crippen molar-refractivity contribution in [1.29, 1.82) is 0 Å². The van der Waals surface area contributed by atoms with Gasteiger partial charge in [0.05, 0.1) is 10.7 Å². The van der Waals surface area contributed by atoms with E-state index in [0.29, 0.717) is 16.2 Å². The van der Waals surface area contributed by atoms with Crippen LogP contribution in [0, 0.1) is 13.8 Å². The Morgan fingerprint density at radius 3 is 2.86 bits per heavy atom. The predicted octanol–water partition coefficient (Wildman–Crippen LogP) is 3.73.